The van der Waals surface area contributed by atoms with Crippen molar-refractivity contribution in [1.82, 2.24) is 10.5 Å². The third-order valence-electron chi connectivity index (χ3n) is 4.34. The van der Waals surface area contributed by atoms with Gasteiger partial charge in [-0.1, -0.05) is 12.1 Å². The minimum absolute atomic E-state index is 0.322. The van der Waals surface area contributed by atoms with Crippen molar-refractivity contribution >= 4 is 18.4 Å². The first-order valence-corrected chi connectivity index (χ1v) is 9.46. The molecule has 156 valence electrons. The molecule has 1 aromatic heterocycles. The van der Waals surface area contributed by atoms with Crippen molar-refractivity contribution in [3.05, 3.63) is 42.4 Å². The lowest BCUT2D eigenvalue weighted by Crippen LogP contribution is -2.13. The first-order chi connectivity index (χ1) is 14.1. The molecule has 0 saturated carbocycles. The molecule has 0 bridgehead atoms. The Morgan fingerprint density at radius 1 is 1.38 bits per heavy atom. The number of amidine groups is 1. The fourth-order valence-corrected chi connectivity index (χ4v) is 2.62. The van der Waals surface area contributed by atoms with E-state index < -0.39 is 5.82 Å². The smallest absolute Gasteiger partial charge is 0.230 e. The van der Waals surface area contributed by atoms with Crippen LogP contribution < -0.4 is 15.4 Å². The molecule has 0 aliphatic carbocycles. The van der Waals surface area contributed by atoms with Crippen LogP contribution >= 0.6 is 0 Å². The van der Waals surface area contributed by atoms with Gasteiger partial charge in [-0.25, -0.2) is 4.39 Å². The summed E-state index contributed by atoms with van der Waals surface area (Å²) in [5, 5.41) is 10.1. The number of nitrogens with one attached hydrogen (secondary N) is 2. The van der Waals surface area contributed by atoms with Crippen LogP contribution in [0, 0.1) is 11.7 Å². The molecule has 7 nitrogen and oxygen atoms in total. The molecule has 29 heavy (non-hydrogen) atoms. The zero-order valence-electron chi connectivity index (χ0n) is 17.1. The molecule has 1 unspecified atom stereocenters. The fourth-order valence-electron chi connectivity index (χ4n) is 2.62. The molecule has 1 atom stereocenters. The molecule has 0 aliphatic heterocycles. The minimum atomic E-state index is -0.440. The highest BCUT2D eigenvalue weighted by molar-refractivity contribution is 6.03. The molecule has 2 rings (SSSR count). The molecule has 0 amide bonds. The topological polar surface area (TPSA) is 84.0 Å². The number of methoxy groups -OCH3 is 1. The fraction of sp³-hybridized carbons (Fsp3) is 0.381. The van der Waals surface area contributed by atoms with Crippen LogP contribution in [0.2, 0.25) is 0 Å². The minimum Gasteiger partial charge on any atom is -0.497 e. The summed E-state index contributed by atoms with van der Waals surface area (Å²) in [6.07, 6.45) is 5.29. The SMILES string of the molecule is C=N/C=C\C(=NCCC(C)CCNC)Nc1cc(-c2ccc(OC)cc2F)no1. The predicted octanol–water partition coefficient (Wildman–Crippen LogP) is 4.15. The Morgan fingerprint density at radius 3 is 2.90 bits per heavy atom. The van der Waals surface area contributed by atoms with Crippen molar-refractivity contribution in [3.8, 4) is 17.0 Å². The molecule has 2 N–H and O–H groups in total. The summed E-state index contributed by atoms with van der Waals surface area (Å²) in [4.78, 5) is 8.27. The zero-order chi connectivity index (χ0) is 21.1. The Balaban J connectivity index is 2.07. The van der Waals surface area contributed by atoms with Gasteiger partial charge in [0.25, 0.3) is 0 Å². The molecule has 1 heterocycles. The first-order valence-electron chi connectivity index (χ1n) is 9.46. The number of anilines is 1. The number of rotatable bonds is 11. The van der Waals surface area contributed by atoms with E-state index in [0.717, 1.165) is 19.4 Å². The summed E-state index contributed by atoms with van der Waals surface area (Å²) in [7, 11) is 3.43. The number of benzene rings is 1. The van der Waals surface area contributed by atoms with Gasteiger partial charge in [-0.2, -0.15) is 0 Å². The summed E-state index contributed by atoms with van der Waals surface area (Å²) in [5.74, 6) is 1.48. The molecule has 8 heteroatoms. The molecule has 0 radical (unpaired) electrons. The second kappa shape index (κ2) is 11.8. The Labute approximate surface area is 170 Å². The second-order valence-corrected chi connectivity index (χ2v) is 6.60. The number of ether oxygens (including phenoxy) is 1. The number of halogens is 1. The van der Waals surface area contributed by atoms with Crippen molar-refractivity contribution in [2.45, 2.75) is 19.8 Å². The van der Waals surface area contributed by atoms with E-state index >= 15 is 0 Å². The number of aliphatic imine (C=N–C) groups is 2. The van der Waals surface area contributed by atoms with Crippen molar-refractivity contribution in [2.24, 2.45) is 15.9 Å². The van der Waals surface area contributed by atoms with E-state index in [9.17, 15) is 4.39 Å². The lowest BCUT2D eigenvalue weighted by molar-refractivity contribution is 0.411. The Kier molecular flexibility index (Phi) is 9.04. The summed E-state index contributed by atoms with van der Waals surface area (Å²) >= 11 is 0. The van der Waals surface area contributed by atoms with Crippen molar-refractivity contribution in [2.75, 3.05) is 32.6 Å². The largest absolute Gasteiger partial charge is 0.497 e. The molecule has 1 aromatic carbocycles. The van der Waals surface area contributed by atoms with E-state index in [1.807, 2.05) is 7.05 Å². The van der Waals surface area contributed by atoms with Gasteiger partial charge in [-0.15, -0.1) is 0 Å². The van der Waals surface area contributed by atoms with E-state index in [2.05, 4.69) is 39.4 Å². The Hall–Kier alpha value is -3.00. The van der Waals surface area contributed by atoms with Crippen LogP contribution in [0.15, 0.2) is 51.0 Å². The number of hydrogen-bond acceptors (Lipinski definition) is 6. The van der Waals surface area contributed by atoms with E-state index in [1.165, 1.54) is 19.4 Å². The highest BCUT2D eigenvalue weighted by Crippen LogP contribution is 2.27. The summed E-state index contributed by atoms with van der Waals surface area (Å²) in [6.45, 7) is 7.28. The molecule has 2 aromatic rings. The van der Waals surface area contributed by atoms with Gasteiger partial charge in [0.1, 0.15) is 23.1 Å². The summed E-state index contributed by atoms with van der Waals surface area (Å²) < 4.78 is 24.6. The lowest BCUT2D eigenvalue weighted by Gasteiger charge is -2.09. The highest BCUT2D eigenvalue weighted by Gasteiger charge is 2.13. The quantitative estimate of drug-likeness (QED) is 0.436. The third-order valence-corrected chi connectivity index (χ3v) is 4.34. The van der Waals surface area contributed by atoms with Gasteiger partial charge < -0.3 is 19.9 Å². The van der Waals surface area contributed by atoms with Crippen molar-refractivity contribution in [1.29, 1.82) is 0 Å². The van der Waals surface area contributed by atoms with Crippen LogP contribution in [-0.2, 0) is 0 Å². The van der Waals surface area contributed by atoms with Crippen molar-refractivity contribution < 1.29 is 13.7 Å². The maximum absolute atomic E-state index is 14.3. The zero-order valence-corrected chi connectivity index (χ0v) is 17.1. The lowest BCUT2D eigenvalue weighted by atomic mass is 10.0. The Bertz CT molecular complexity index is 847. The Morgan fingerprint density at radius 2 is 2.21 bits per heavy atom. The van der Waals surface area contributed by atoms with Crippen molar-refractivity contribution in [3.63, 3.8) is 0 Å². The summed E-state index contributed by atoms with van der Waals surface area (Å²) in [6, 6.07) is 6.18. The van der Waals surface area contributed by atoms with Gasteiger partial charge in [0.15, 0.2) is 0 Å². The summed E-state index contributed by atoms with van der Waals surface area (Å²) in [5.41, 5.74) is 0.696. The van der Waals surface area contributed by atoms with E-state index in [1.54, 1.807) is 24.3 Å². The number of nitrogens with zero attached hydrogens (tertiary/aromatic N) is 3. The van der Waals surface area contributed by atoms with E-state index in [-0.39, 0.29) is 0 Å². The van der Waals surface area contributed by atoms with Gasteiger partial charge in [-0.05, 0) is 57.3 Å². The second-order valence-electron chi connectivity index (χ2n) is 6.60. The van der Waals surface area contributed by atoms with Crippen LogP contribution in [0.5, 0.6) is 5.75 Å². The molecule has 0 spiro atoms. The van der Waals surface area contributed by atoms with Gasteiger partial charge in [0.05, 0.1) is 7.11 Å². The van der Waals surface area contributed by atoms with E-state index in [4.69, 9.17) is 9.26 Å². The molecular formula is C21H28FN5O2. The molecule has 0 fully saturated rings. The third kappa shape index (κ3) is 7.15. The number of aromatic nitrogens is 1. The van der Waals surface area contributed by atoms with Gasteiger partial charge in [0, 0.05) is 30.4 Å². The standard InChI is InChI=1S/C21H28FN5O2/c1-15(7-10-23-2)8-12-25-20(9-11-24-3)26-21-14-19(27-29-21)17-6-5-16(28-4)13-18(17)22/h5-6,9,11,13-15,23H,3,7-8,10,12H2,1-2,4H3,(H,25,26)/b11-9-. The van der Waals surface area contributed by atoms with E-state index in [0.29, 0.717) is 41.2 Å². The van der Waals surface area contributed by atoms with Crippen LogP contribution in [0.3, 0.4) is 0 Å². The van der Waals surface area contributed by atoms with Gasteiger partial charge >= 0.3 is 0 Å². The average molecular weight is 401 g/mol. The molecular weight excluding hydrogens is 373 g/mol. The maximum Gasteiger partial charge on any atom is 0.230 e. The first kappa shape index (κ1) is 22.3. The molecule has 0 saturated heterocycles. The van der Waals surface area contributed by atoms with Crippen LogP contribution in [-0.4, -0.2) is 45.0 Å². The predicted molar refractivity (Wildman–Crippen MR) is 115 cm³/mol. The highest BCUT2D eigenvalue weighted by atomic mass is 19.1. The molecule has 0 aliphatic rings. The average Bonchev–Trinajstić information content (AvgIpc) is 3.18. The van der Waals surface area contributed by atoms with Crippen LogP contribution in [0.1, 0.15) is 19.8 Å². The normalized spacial score (nSPS) is 12.9. The van der Waals surface area contributed by atoms with Crippen LogP contribution in [0.25, 0.3) is 11.3 Å². The van der Waals surface area contributed by atoms with Crippen LogP contribution in [0.4, 0.5) is 10.3 Å². The maximum atomic E-state index is 14.3. The number of hydrogen-bond donors (Lipinski definition) is 2. The van der Waals surface area contributed by atoms with Gasteiger partial charge in [-0.3, -0.25) is 9.98 Å². The van der Waals surface area contributed by atoms with Gasteiger partial charge in [0.2, 0.25) is 5.88 Å². The monoisotopic (exact) mass is 401 g/mol.